The molecule has 0 radical (unpaired) electrons. The fourth-order valence-electron chi connectivity index (χ4n) is 4.08. The maximum atomic E-state index is 10.7. The average Bonchev–Trinajstić information content (AvgIpc) is 3.16. The van der Waals surface area contributed by atoms with Crippen molar-refractivity contribution in [2.45, 2.75) is 38.2 Å². The third-order valence-electron chi connectivity index (χ3n) is 5.19. The van der Waals surface area contributed by atoms with Gasteiger partial charge in [-0.3, -0.25) is 4.84 Å². The van der Waals surface area contributed by atoms with Gasteiger partial charge in [0, 0.05) is 24.1 Å². The number of phenols is 1. The van der Waals surface area contributed by atoms with Crippen molar-refractivity contribution >= 4 is 11.5 Å². The number of hydrogen-bond donors (Lipinski definition) is 2. The minimum atomic E-state index is 0.168. The zero-order valence-corrected chi connectivity index (χ0v) is 12.7. The number of nitrogen functional groups attached to an aromatic ring is 1. The Labute approximate surface area is 133 Å². The van der Waals surface area contributed by atoms with Crippen LogP contribution in [0.4, 0.5) is 11.5 Å². The maximum Gasteiger partial charge on any atom is 0.172 e. The number of anilines is 2. The van der Waals surface area contributed by atoms with Gasteiger partial charge in [-0.15, -0.1) is 10.2 Å². The number of benzene rings is 1. The summed E-state index contributed by atoms with van der Waals surface area (Å²) < 4.78 is 0. The van der Waals surface area contributed by atoms with Crippen LogP contribution < -0.4 is 10.8 Å². The highest BCUT2D eigenvalue weighted by atomic mass is 16.7. The van der Waals surface area contributed by atoms with E-state index in [1.165, 1.54) is 5.56 Å². The van der Waals surface area contributed by atoms with Gasteiger partial charge in [-0.25, -0.2) is 5.06 Å². The van der Waals surface area contributed by atoms with Gasteiger partial charge in [0.15, 0.2) is 5.82 Å². The maximum absolute atomic E-state index is 10.7. The molecular weight excluding hydrogens is 292 g/mol. The predicted octanol–water partition coefficient (Wildman–Crippen LogP) is 1.99. The van der Waals surface area contributed by atoms with E-state index in [0.717, 1.165) is 66.7 Å². The van der Waals surface area contributed by atoms with Crippen LogP contribution in [0.2, 0.25) is 0 Å². The smallest absolute Gasteiger partial charge is 0.172 e. The Morgan fingerprint density at radius 2 is 2.13 bits per heavy atom. The van der Waals surface area contributed by atoms with Crippen LogP contribution in [0.25, 0.3) is 11.3 Å². The van der Waals surface area contributed by atoms with Crippen molar-refractivity contribution in [3.63, 3.8) is 0 Å². The Balaban J connectivity index is 1.73. The molecule has 1 atom stereocenters. The van der Waals surface area contributed by atoms with E-state index in [-0.39, 0.29) is 6.10 Å². The van der Waals surface area contributed by atoms with E-state index < -0.39 is 0 Å². The first-order chi connectivity index (χ1) is 11.2. The van der Waals surface area contributed by atoms with Crippen LogP contribution in [0.5, 0.6) is 5.75 Å². The van der Waals surface area contributed by atoms with E-state index >= 15 is 0 Å². The van der Waals surface area contributed by atoms with Gasteiger partial charge in [-0.1, -0.05) is 6.07 Å². The number of aromatic nitrogens is 2. The number of nitrogens with two attached hydrogens (primary N) is 1. The average molecular weight is 310 g/mol. The summed E-state index contributed by atoms with van der Waals surface area (Å²) in [4.78, 5) is 5.82. The molecule has 118 valence electrons. The number of phenolic OH excluding ortho intramolecular Hbond substituents is 1. The standard InChI is InChI=1S/C17H18N4O2/c18-17-15-13(8-10-6-7-21(15)23-10)14(19-20-17)12-5-4-9-2-1-3-11(9)16(12)22/h4-5,10,22H,1-3,6-8H2,(H2,18,20). The van der Waals surface area contributed by atoms with Gasteiger partial charge < -0.3 is 10.8 Å². The van der Waals surface area contributed by atoms with Crippen LogP contribution >= 0.6 is 0 Å². The summed E-state index contributed by atoms with van der Waals surface area (Å²) in [6, 6.07) is 4.07. The van der Waals surface area contributed by atoms with Gasteiger partial charge in [0.25, 0.3) is 0 Å². The van der Waals surface area contributed by atoms with Crippen molar-refractivity contribution in [3.8, 4) is 17.0 Å². The quantitative estimate of drug-likeness (QED) is 0.838. The zero-order valence-electron chi connectivity index (χ0n) is 12.7. The normalized spacial score (nSPS) is 21.4. The summed E-state index contributed by atoms with van der Waals surface area (Å²) in [5.74, 6) is 0.750. The van der Waals surface area contributed by atoms with E-state index in [1.54, 1.807) is 0 Å². The molecule has 1 saturated heterocycles. The lowest BCUT2D eigenvalue weighted by molar-refractivity contribution is 0.0778. The van der Waals surface area contributed by atoms with E-state index in [0.29, 0.717) is 11.6 Å². The lowest BCUT2D eigenvalue weighted by Gasteiger charge is -2.28. The molecule has 0 spiro atoms. The minimum Gasteiger partial charge on any atom is -0.507 e. The van der Waals surface area contributed by atoms with Crippen LogP contribution in [0.3, 0.4) is 0 Å². The van der Waals surface area contributed by atoms with Crippen LogP contribution in [-0.2, 0) is 24.1 Å². The Morgan fingerprint density at radius 1 is 1.22 bits per heavy atom. The van der Waals surface area contributed by atoms with Crippen LogP contribution in [0, 0.1) is 0 Å². The van der Waals surface area contributed by atoms with Crippen molar-refractivity contribution in [3.05, 3.63) is 28.8 Å². The molecule has 1 aromatic heterocycles. The fourth-order valence-corrected chi connectivity index (χ4v) is 4.08. The highest BCUT2D eigenvalue weighted by Gasteiger charge is 2.36. The van der Waals surface area contributed by atoms with Crippen molar-refractivity contribution in [2.75, 3.05) is 17.3 Å². The molecule has 3 heterocycles. The third kappa shape index (κ3) is 1.78. The third-order valence-corrected chi connectivity index (χ3v) is 5.19. The van der Waals surface area contributed by atoms with Crippen LogP contribution in [0.15, 0.2) is 12.1 Å². The van der Waals surface area contributed by atoms with E-state index in [4.69, 9.17) is 10.6 Å². The molecule has 2 aliphatic heterocycles. The second-order valence-corrected chi connectivity index (χ2v) is 6.54. The number of aromatic hydroxyl groups is 1. The van der Waals surface area contributed by atoms with Gasteiger partial charge in [0.1, 0.15) is 17.1 Å². The van der Waals surface area contributed by atoms with Gasteiger partial charge in [0.2, 0.25) is 0 Å². The predicted molar refractivity (Wildman–Crippen MR) is 86.1 cm³/mol. The summed E-state index contributed by atoms with van der Waals surface area (Å²) in [5.41, 5.74) is 11.7. The van der Waals surface area contributed by atoms with Crippen molar-refractivity contribution in [1.82, 2.24) is 10.2 Å². The molecular formula is C17H18N4O2. The molecule has 2 bridgehead atoms. The summed E-state index contributed by atoms with van der Waals surface area (Å²) >= 11 is 0. The second-order valence-electron chi connectivity index (χ2n) is 6.54. The van der Waals surface area contributed by atoms with Crippen molar-refractivity contribution in [1.29, 1.82) is 0 Å². The number of hydrogen-bond acceptors (Lipinski definition) is 6. The van der Waals surface area contributed by atoms with Crippen LogP contribution in [0.1, 0.15) is 29.5 Å². The monoisotopic (exact) mass is 310 g/mol. The largest absolute Gasteiger partial charge is 0.507 e. The van der Waals surface area contributed by atoms with Gasteiger partial charge in [-0.05, 0) is 42.9 Å². The number of nitrogens with zero attached hydrogens (tertiary/aromatic N) is 3. The van der Waals surface area contributed by atoms with Crippen molar-refractivity contribution in [2.24, 2.45) is 0 Å². The number of fused-ring (bicyclic) bond motifs is 5. The lowest BCUT2D eigenvalue weighted by Crippen LogP contribution is -2.28. The topological polar surface area (TPSA) is 84.5 Å². The van der Waals surface area contributed by atoms with E-state index in [9.17, 15) is 5.11 Å². The molecule has 2 aromatic rings. The van der Waals surface area contributed by atoms with Gasteiger partial charge in [-0.2, -0.15) is 0 Å². The van der Waals surface area contributed by atoms with Gasteiger partial charge >= 0.3 is 0 Å². The Hall–Kier alpha value is -2.34. The molecule has 3 aliphatic rings. The summed E-state index contributed by atoms with van der Waals surface area (Å²) in [6.07, 6.45) is 4.97. The molecule has 6 nitrogen and oxygen atoms in total. The second kappa shape index (κ2) is 4.58. The summed E-state index contributed by atoms with van der Waals surface area (Å²) in [6.45, 7) is 0.823. The van der Waals surface area contributed by atoms with E-state index in [2.05, 4.69) is 16.3 Å². The highest BCUT2D eigenvalue weighted by Crippen LogP contribution is 2.45. The molecule has 1 unspecified atom stereocenters. The molecule has 5 rings (SSSR count). The molecule has 1 aliphatic carbocycles. The number of hydroxylamine groups is 1. The fraction of sp³-hybridized carbons (Fsp3) is 0.412. The summed E-state index contributed by atoms with van der Waals surface area (Å²) in [7, 11) is 0. The van der Waals surface area contributed by atoms with E-state index in [1.807, 2.05) is 11.1 Å². The first-order valence-electron chi connectivity index (χ1n) is 8.16. The van der Waals surface area contributed by atoms with Crippen LogP contribution in [-0.4, -0.2) is 28.0 Å². The molecule has 3 N–H and O–H groups in total. The Bertz CT molecular complexity index is 821. The zero-order chi connectivity index (χ0) is 15.6. The first kappa shape index (κ1) is 13.1. The molecule has 0 amide bonds. The Kier molecular flexibility index (Phi) is 2.61. The molecule has 6 heteroatoms. The number of rotatable bonds is 1. The minimum absolute atomic E-state index is 0.168. The highest BCUT2D eigenvalue weighted by molar-refractivity contribution is 5.81. The summed E-state index contributed by atoms with van der Waals surface area (Å²) in [5, 5.41) is 21.0. The molecule has 0 saturated carbocycles. The molecule has 1 aromatic carbocycles. The number of aryl methyl sites for hydroxylation is 1. The molecule has 1 fully saturated rings. The SMILES string of the molecule is Nc1nnc(-c2ccc3c(c2O)CCC3)c2c1N1CCC(C2)O1. The lowest BCUT2D eigenvalue weighted by atomic mass is 9.96. The van der Waals surface area contributed by atoms with Gasteiger partial charge in [0.05, 0.1) is 6.10 Å². The molecule has 23 heavy (non-hydrogen) atoms. The van der Waals surface area contributed by atoms with Crippen molar-refractivity contribution < 1.29 is 9.94 Å². The first-order valence-corrected chi connectivity index (χ1v) is 8.16. The Morgan fingerprint density at radius 3 is 3.04 bits per heavy atom.